The van der Waals surface area contributed by atoms with E-state index in [0.717, 1.165) is 30.4 Å². The Kier molecular flexibility index (Phi) is 6.41. The number of sulfonamides is 1. The molecule has 0 heterocycles. The van der Waals surface area contributed by atoms with Crippen molar-refractivity contribution < 1.29 is 17.9 Å². The van der Waals surface area contributed by atoms with E-state index in [1.807, 2.05) is 24.3 Å². The second-order valence-electron chi connectivity index (χ2n) is 5.63. The summed E-state index contributed by atoms with van der Waals surface area (Å²) in [5.41, 5.74) is 1.71. The first-order valence-electron chi connectivity index (χ1n) is 7.87. The molecule has 1 amide bonds. The molecule has 0 atom stereocenters. The standard InChI is InChI=1S/C18H22N2O4S/c1-24-15-9-5-7-14(13-15)8-6-12-19-18(21)16-10-3-4-11-17(16)20-25(2,22)23/h3-5,7,9-11,13,20H,6,8,12H2,1-2H3,(H,19,21). The Morgan fingerprint density at radius 1 is 1.12 bits per heavy atom. The zero-order valence-corrected chi connectivity index (χ0v) is 15.1. The molecule has 0 unspecified atom stereocenters. The van der Waals surface area contributed by atoms with E-state index in [0.29, 0.717) is 12.1 Å². The fourth-order valence-corrected chi connectivity index (χ4v) is 2.96. The Morgan fingerprint density at radius 3 is 2.60 bits per heavy atom. The van der Waals surface area contributed by atoms with Gasteiger partial charge in [-0.3, -0.25) is 9.52 Å². The quantitative estimate of drug-likeness (QED) is 0.707. The van der Waals surface area contributed by atoms with E-state index in [9.17, 15) is 13.2 Å². The first-order chi connectivity index (χ1) is 11.9. The number of hydrogen-bond acceptors (Lipinski definition) is 4. The number of methoxy groups -OCH3 is 1. The Morgan fingerprint density at radius 2 is 1.88 bits per heavy atom. The molecule has 134 valence electrons. The zero-order valence-electron chi connectivity index (χ0n) is 14.3. The minimum Gasteiger partial charge on any atom is -0.497 e. The Hall–Kier alpha value is -2.54. The molecule has 2 N–H and O–H groups in total. The van der Waals surface area contributed by atoms with Gasteiger partial charge in [0.15, 0.2) is 0 Å². The molecule has 0 saturated carbocycles. The van der Waals surface area contributed by atoms with Crippen LogP contribution in [0, 0.1) is 0 Å². The second-order valence-corrected chi connectivity index (χ2v) is 7.38. The summed E-state index contributed by atoms with van der Waals surface area (Å²) < 4.78 is 30.3. The van der Waals surface area contributed by atoms with Gasteiger partial charge in [0.05, 0.1) is 24.6 Å². The van der Waals surface area contributed by atoms with Crippen molar-refractivity contribution in [1.82, 2.24) is 5.32 Å². The van der Waals surface area contributed by atoms with Crippen molar-refractivity contribution in [2.24, 2.45) is 0 Å². The number of carbonyl (C=O) groups is 1. The van der Waals surface area contributed by atoms with E-state index >= 15 is 0 Å². The molecule has 0 aliphatic heterocycles. The molecule has 0 aliphatic carbocycles. The molecule has 0 fully saturated rings. The van der Waals surface area contributed by atoms with Gasteiger partial charge < -0.3 is 10.1 Å². The van der Waals surface area contributed by atoms with Gasteiger partial charge in [-0.1, -0.05) is 24.3 Å². The summed E-state index contributed by atoms with van der Waals surface area (Å²) in [4.78, 5) is 12.3. The summed E-state index contributed by atoms with van der Waals surface area (Å²) in [6.07, 6.45) is 2.62. The molecule has 0 aliphatic rings. The van der Waals surface area contributed by atoms with Gasteiger partial charge in [0.1, 0.15) is 5.75 Å². The lowest BCUT2D eigenvalue weighted by atomic mass is 10.1. The van der Waals surface area contributed by atoms with Gasteiger partial charge in [-0.2, -0.15) is 0 Å². The lowest BCUT2D eigenvalue weighted by Gasteiger charge is -2.11. The molecule has 0 saturated heterocycles. The van der Waals surface area contributed by atoms with Gasteiger partial charge in [0, 0.05) is 6.54 Å². The van der Waals surface area contributed by atoms with Crippen LogP contribution in [-0.2, 0) is 16.4 Å². The minimum absolute atomic E-state index is 0.273. The van der Waals surface area contributed by atoms with E-state index < -0.39 is 10.0 Å². The molecule has 0 spiro atoms. The Balaban J connectivity index is 1.90. The van der Waals surface area contributed by atoms with E-state index in [1.165, 1.54) is 0 Å². The SMILES string of the molecule is COc1cccc(CCCNC(=O)c2ccccc2NS(C)(=O)=O)c1. The predicted molar refractivity (Wildman–Crippen MR) is 98.6 cm³/mol. The Bertz CT molecular complexity index is 834. The summed E-state index contributed by atoms with van der Waals surface area (Å²) in [5, 5.41) is 2.82. The minimum atomic E-state index is -3.44. The molecule has 7 heteroatoms. The van der Waals surface area contributed by atoms with Crippen molar-refractivity contribution in [2.75, 3.05) is 24.6 Å². The topological polar surface area (TPSA) is 84.5 Å². The van der Waals surface area contributed by atoms with E-state index in [-0.39, 0.29) is 11.6 Å². The van der Waals surface area contributed by atoms with Crippen LogP contribution in [-0.4, -0.2) is 34.2 Å². The molecule has 0 bridgehead atoms. The summed E-state index contributed by atoms with van der Waals surface area (Å²) >= 11 is 0. The highest BCUT2D eigenvalue weighted by Gasteiger charge is 2.13. The van der Waals surface area contributed by atoms with Gasteiger partial charge in [-0.15, -0.1) is 0 Å². The predicted octanol–water partition coefficient (Wildman–Crippen LogP) is 2.43. The Labute approximate surface area is 148 Å². The maximum absolute atomic E-state index is 12.3. The smallest absolute Gasteiger partial charge is 0.253 e. The van der Waals surface area contributed by atoms with Gasteiger partial charge in [-0.25, -0.2) is 8.42 Å². The number of anilines is 1. The van der Waals surface area contributed by atoms with Crippen LogP contribution >= 0.6 is 0 Å². The molecular weight excluding hydrogens is 340 g/mol. The summed E-state index contributed by atoms with van der Waals surface area (Å²) in [6.45, 7) is 0.489. The number of carbonyl (C=O) groups excluding carboxylic acids is 1. The normalized spacial score (nSPS) is 11.0. The maximum Gasteiger partial charge on any atom is 0.253 e. The van der Waals surface area contributed by atoms with E-state index in [1.54, 1.807) is 31.4 Å². The van der Waals surface area contributed by atoms with Gasteiger partial charge in [0.2, 0.25) is 10.0 Å². The van der Waals surface area contributed by atoms with Crippen LogP contribution in [0.3, 0.4) is 0 Å². The van der Waals surface area contributed by atoms with Crippen LogP contribution in [0.1, 0.15) is 22.3 Å². The largest absolute Gasteiger partial charge is 0.497 e. The third kappa shape index (κ3) is 6.11. The summed E-state index contributed by atoms with van der Waals surface area (Å²) in [5.74, 6) is 0.500. The fourth-order valence-electron chi connectivity index (χ4n) is 2.39. The van der Waals surface area contributed by atoms with Crippen LogP contribution in [0.2, 0.25) is 0 Å². The molecular formula is C18H22N2O4S. The van der Waals surface area contributed by atoms with Crippen LogP contribution in [0.15, 0.2) is 48.5 Å². The molecule has 2 rings (SSSR count). The van der Waals surface area contributed by atoms with Crippen molar-refractivity contribution in [2.45, 2.75) is 12.8 Å². The average molecular weight is 362 g/mol. The average Bonchev–Trinajstić information content (AvgIpc) is 2.58. The first kappa shape index (κ1) is 18.8. The number of nitrogens with one attached hydrogen (secondary N) is 2. The van der Waals surface area contributed by atoms with Crippen LogP contribution in [0.25, 0.3) is 0 Å². The lowest BCUT2D eigenvalue weighted by Crippen LogP contribution is -2.26. The maximum atomic E-state index is 12.3. The third-order valence-corrected chi connectivity index (χ3v) is 4.12. The number of benzene rings is 2. The van der Waals surface area contributed by atoms with Crippen molar-refractivity contribution in [3.8, 4) is 5.75 Å². The molecule has 2 aromatic carbocycles. The van der Waals surface area contributed by atoms with Gasteiger partial charge in [0.25, 0.3) is 5.91 Å². The fraction of sp³-hybridized carbons (Fsp3) is 0.278. The number of para-hydroxylation sites is 1. The van der Waals surface area contributed by atoms with E-state index in [2.05, 4.69) is 10.0 Å². The summed E-state index contributed by atoms with van der Waals surface area (Å²) in [7, 11) is -1.82. The number of aryl methyl sites for hydroxylation is 1. The van der Waals surface area contributed by atoms with E-state index in [4.69, 9.17) is 4.74 Å². The second kappa shape index (κ2) is 8.53. The highest BCUT2D eigenvalue weighted by molar-refractivity contribution is 7.92. The van der Waals surface area contributed by atoms with Gasteiger partial charge in [-0.05, 0) is 42.7 Å². The third-order valence-electron chi connectivity index (χ3n) is 3.53. The number of ether oxygens (including phenoxy) is 1. The zero-order chi connectivity index (χ0) is 18.3. The van der Waals surface area contributed by atoms with Crippen molar-refractivity contribution in [1.29, 1.82) is 0 Å². The molecule has 6 nitrogen and oxygen atoms in total. The van der Waals surface area contributed by atoms with Crippen molar-refractivity contribution >= 4 is 21.6 Å². The first-order valence-corrected chi connectivity index (χ1v) is 9.76. The van der Waals surface area contributed by atoms with Gasteiger partial charge >= 0.3 is 0 Å². The van der Waals surface area contributed by atoms with Crippen LogP contribution < -0.4 is 14.8 Å². The highest BCUT2D eigenvalue weighted by Crippen LogP contribution is 2.16. The number of hydrogen-bond donors (Lipinski definition) is 2. The molecule has 0 radical (unpaired) electrons. The monoisotopic (exact) mass is 362 g/mol. The lowest BCUT2D eigenvalue weighted by molar-refractivity contribution is 0.0954. The van der Waals surface area contributed by atoms with Crippen LogP contribution in [0.5, 0.6) is 5.75 Å². The van der Waals surface area contributed by atoms with Crippen molar-refractivity contribution in [3.63, 3.8) is 0 Å². The van der Waals surface area contributed by atoms with Crippen molar-refractivity contribution in [3.05, 3.63) is 59.7 Å². The van der Waals surface area contributed by atoms with Crippen LogP contribution in [0.4, 0.5) is 5.69 Å². The highest BCUT2D eigenvalue weighted by atomic mass is 32.2. The number of rotatable bonds is 8. The molecule has 0 aromatic heterocycles. The molecule has 25 heavy (non-hydrogen) atoms. The summed E-state index contributed by atoms with van der Waals surface area (Å²) in [6, 6.07) is 14.3. The molecule has 2 aromatic rings. The number of amides is 1.